The van der Waals surface area contributed by atoms with Crippen LogP contribution in [0, 0.1) is 0 Å². The Labute approximate surface area is 163 Å². The number of nitrogens with one attached hydrogen (secondary N) is 1. The number of amides is 1. The van der Waals surface area contributed by atoms with E-state index in [1.807, 2.05) is 0 Å². The molecule has 0 saturated carbocycles. The van der Waals surface area contributed by atoms with Gasteiger partial charge in [0.25, 0.3) is 0 Å². The largest absolute Gasteiger partial charge is 0.451 e. The van der Waals surface area contributed by atoms with Crippen molar-refractivity contribution >= 4 is 33.2 Å². The molecule has 1 atom stereocenters. The summed E-state index contributed by atoms with van der Waals surface area (Å²) in [6.07, 6.45) is 0.0772. The Morgan fingerprint density at radius 3 is 2.25 bits per heavy atom. The van der Waals surface area contributed by atoms with Crippen LogP contribution in [-0.4, -0.2) is 38.4 Å². The molecule has 0 radical (unpaired) electrons. The number of ketones is 1. The second-order valence-corrected chi connectivity index (χ2v) is 8.58. The molecule has 7 nitrogen and oxygen atoms in total. The van der Waals surface area contributed by atoms with Gasteiger partial charge in [0.05, 0.1) is 11.3 Å². The molecule has 0 aliphatic rings. The smallest absolute Gasteiger partial charge is 0.338 e. The standard InChI is InChI=1S/C20H21NO6S/c1-13(19(23)16-7-9-18(10-8-16)21-14(2)22)27-20(24)17-6-4-5-15(11-17)12-28(3,25)26/h4-11,13H,12H2,1-3H3,(H,21,22)/t13-/m1/s1. The Morgan fingerprint density at radius 1 is 1.04 bits per heavy atom. The van der Waals surface area contributed by atoms with Crippen molar-refractivity contribution < 1.29 is 27.5 Å². The zero-order valence-corrected chi connectivity index (χ0v) is 16.6. The van der Waals surface area contributed by atoms with E-state index in [0.717, 1.165) is 6.26 Å². The lowest BCUT2D eigenvalue weighted by Crippen LogP contribution is -2.24. The van der Waals surface area contributed by atoms with Crippen LogP contribution in [0.3, 0.4) is 0 Å². The van der Waals surface area contributed by atoms with Crippen molar-refractivity contribution in [3.8, 4) is 0 Å². The second kappa shape index (κ2) is 8.79. The van der Waals surface area contributed by atoms with E-state index in [1.165, 1.54) is 38.1 Å². The van der Waals surface area contributed by atoms with E-state index in [4.69, 9.17) is 4.74 Å². The summed E-state index contributed by atoms with van der Waals surface area (Å²) in [5.41, 5.74) is 1.52. The monoisotopic (exact) mass is 403 g/mol. The maximum Gasteiger partial charge on any atom is 0.338 e. The summed E-state index contributed by atoms with van der Waals surface area (Å²) in [5, 5.41) is 2.60. The van der Waals surface area contributed by atoms with Crippen LogP contribution in [0.25, 0.3) is 0 Å². The van der Waals surface area contributed by atoms with E-state index in [1.54, 1.807) is 24.3 Å². The Morgan fingerprint density at radius 2 is 1.68 bits per heavy atom. The minimum atomic E-state index is -3.24. The molecule has 0 saturated heterocycles. The molecule has 28 heavy (non-hydrogen) atoms. The fourth-order valence-corrected chi connectivity index (χ4v) is 3.31. The van der Waals surface area contributed by atoms with Crippen LogP contribution in [0.5, 0.6) is 0 Å². The molecular weight excluding hydrogens is 382 g/mol. The van der Waals surface area contributed by atoms with E-state index < -0.39 is 27.7 Å². The summed E-state index contributed by atoms with van der Waals surface area (Å²) in [6, 6.07) is 12.3. The maximum atomic E-state index is 12.5. The molecule has 148 valence electrons. The van der Waals surface area contributed by atoms with Crippen molar-refractivity contribution in [2.24, 2.45) is 0 Å². The first-order valence-electron chi connectivity index (χ1n) is 8.44. The summed E-state index contributed by atoms with van der Waals surface area (Å²) in [6.45, 7) is 2.84. The molecule has 0 aliphatic heterocycles. The summed E-state index contributed by atoms with van der Waals surface area (Å²) < 4.78 is 28.0. The number of ether oxygens (including phenoxy) is 1. The fraction of sp³-hybridized carbons (Fsp3) is 0.250. The highest BCUT2D eigenvalue weighted by Crippen LogP contribution is 2.15. The lowest BCUT2D eigenvalue weighted by atomic mass is 10.1. The third kappa shape index (κ3) is 6.31. The van der Waals surface area contributed by atoms with Gasteiger partial charge in [-0.1, -0.05) is 12.1 Å². The predicted octanol–water partition coefficient (Wildman–Crippen LogP) is 2.62. The third-order valence-corrected chi connectivity index (χ3v) is 4.59. The van der Waals surface area contributed by atoms with Gasteiger partial charge in [-0.2, -0.15) is 0 Å². The number of carbonyl (C=O) groups is 3. The number of sulfone groups is 1. The quantitative estimate of drug-likeness (QED) is 0.563. The average Bonchev–Trinajstić information content (AvgIpc) is 2.60. The maximum absolute atomic E-state index is 12.5. The molecule has 0 spiro atoms. The van der Waals surface area contributed by atoms with Gasteiger partial charge in [0, 0.05) is 24.4 Å². The molecule has 2 aromatic rings. The molecular formula is C20H21NO6S. The summed E-state index contributed by atoms with van der Waals surface area (Å²) in [4.78, 5) is 35.8. The zero-order valence-electron chi connectivity index (χ0n) is 15.8. The van der Waals surface area contributed by atoms with Gasteiger partial charge in [-0.05, 0) is 48.9 Å². The van der Waals surface area contributed by atoms with Crippen LogP contribution in [0.4, 0.5) is 5.69 Å². The van der Waals surface area contributed by atoms with Gasteiger partial charge in [0.1, 0.15) is 0 Å². The first-order chi connectivity index (χ1) is 13.0. The van der Waals surface area contributed by atoms with Gasteiger partial charge in [0.2, 0.25) is 11.7 Å². The Hall–Kier alpha value is -3.00. The first-order valence-corrected chi connectivity index (χ1v) is 10.5. The number of esters is 1. The number of anilines is 1. The predicted molar refractivity (Wildman–Crippen MR) is 105 cm³/mol. The van der Waals surface area contributed by atoms with E-state index in [9.17, 15) is 22.8 Å². The average molecular weight is 403 g/mol. The van der Waals surface area contributed by atoms with Gasteiger partial charge >= 0.3 is 5.97 Å². The number of hydrogen-bond acceptors (Lipinski definition) is 6. The van der Waals surface area contributed by atoms with Gasteiger partial charge in [-0.15, -0.1) is 0 Å². The molecule has 2 aromatic carbocycles. The molecule has 0 fully saturated rings. The summed E-state index contributed by atoms with van der Waals surface area (Å²) in [7, 11) is -3.24. The Bertz CT molecular complexity index is 996. The van der Waals surface area contributed by atoms with E-state index >= 15 is 0 Å². The van der Waals surface area contributed by atoms with Crippen molar-refractivity contribution in [1.29, 1.82) is 0 Å². The van der Waals surface area contributed by atoms with Crippen LogP contribution in [-0.2, 0) is 25.1 Å². The highest BCUT2D eigenvalue weighted by atomic mass is 32.2. The van der Waals surface area contributed by atoms with Gasteiger partial charge in [-0.25, -0.2) is 13.2 Å². The summed E-state index contributed by atoms with van der Waals surface area (Å²) >= 11 is 0. The van der Waals surface area contributed by atoms with E-state index in [2.05, 4.69) is 5.32 Å². The number of hydrogen-bond donors (Lipinski definition) is 1. The van der Waals surface area contributed by atoms with Crippen LogP contribution in [0.2, 0.25) is 0 Å². The lowest BCUT2D eigenvalue weighted by molar-refractivity contribution is -0.114. The zero-order chi connectivity index (χ0) is 20.9. The molecule has 1 N–H and O–H groups in total. The molecule has 0 bridgehead atoms. The molecule has 0 unspecified atom stereocenters. The van der Waals surface area contributed by atoms with Crippen molar-refractivity contribution in [1.82, 2.24) is 0 Å². The van der Waals surface area contributed by atoms with Crippen molar-refractivity contribution in [3.63, 3.8) is 0 Å². The normalized spacial score (nSPS) is 12.1. The number of Topliss-reactive ketones (excluding diaryl/α,β-unsaturated/α-hetero) is 1. The van der Waals surface area contributed by atoms with Gasteiger partial charge in [-0.3, -0.25) is 9.59 Å². The number of rotatable bonds is 7. The van der Waals surface area contributed by atoms with E-state index in [0.29, 0.717) is 16.8 Å². The van der Waals surface area contributed by atoms with Crippen LogP contribution >= 0.6 is 0 Å². The lowest BCUT2D eigenvalue weighted by Gasteiger charge is -2.13. The van der Waals surface area contributed by atoms with Crippen LogP contribution < -0.4 is 5.32 Å². The van der Waals surface area contributed by atoms with Crippen molar-refractivity contribution in [2.75, 3.05) is 11.6 Å². The minimum absolute atomic E-state index is 0.168. The van der Waals surface area contributed by atoms with E-state index in [-0.39, 0.29) is 17.2 Å². The van der Waals surface area contributed by atoms with Crippen LogP contribution in [0.1, 0.15) is 40.1 Å². The minimum Gasteiger partial charge on any atom is -0.451 e. The number of benzene rings is 2. The van der Waals surface area contributed by atoms with Crippen LogP contribution in [0.15, 0.2) is 48.5 Å². The van der Waals surface area contributed by atoms with Gasteiger partial charge < -0.3 is 10.1 Å². The number of carbonyl (C=O) groups excluding carboxylic acids is 3. The molecule has 8 heteroatoms. The Kier molecular flexibility index (Phi) is 6.69. The topological polar surface area (TPSA) is 107 Å². The second-order valence-electron chi connectivity index (χ2n) is 6.44. The molecule has 1 amide bonds. The fourth-order valence-electron chi connectivity index (χ4n) is 2.53. The molecule has 0 aromatic heterocycles. The summed E-state index contributed by atoms with van der Waals surface area (Å²) in [5.74, 6) is -1.52. The highest BCUT2D eigenvalue weighted by Gasteiger charge is 2.21. The Balaban J connectivity index is 2.06. The molecule has 0 heterocycles. The highest BCUT2D eigenvalue weighted by molar-refractivity contribution is 7.89. The van der Waals surface area contributed by atoms with Gasteiger partial charge in [0.15, 0.2) is 15.9 Å². The van der Waals surface area contributed by atoms with Crippen molar-refractivity contribution in [3.05, 3.63) is 65.2 Å². The SMILES string of the molecule is CC(=O)Nc1ccc(C(=O)[C@@H](C)OC(=O)c2cccc(CS(C)(=O)=O)c2)cc1. The third-order valence-electron chi connectivity index (χ3n) is 3.73. The molecule has 0 aliphatic carbocycles. The first kappa shape index (κ1) is 21.3. The van der Waals surface area contributed by atoms with Crippen molar-refractivity contribution in [2.45, 2.75) is 25.7 Å². The molecule has 2 rings (SSSR count).